The third-order valence-corrected chi connectivity index (χ3v) is 4.87. The molecule has 0 bridgehead atoms. The van der Waals surface area contributed by atoms with Gasteiger partial charge in [-0.3, -0.25) is 0 Å². The molecular formula is C15H20Br2O. The van der Waals surface area contributed by atoms with Crippen molar-refractivity contribution < 1.29 is 4.74 Å². The highest BCUT2D eigenvalue weighted by atomic mass is 79.9. The molecule has 18 heavy (non-hydrogen) atoms. The second-order valence-corrected chi connectivity index (χ2v) is 6.54. The van der Waals surface area contributed by atoms with Crippen molar-refractivity contribution in [2.24, 2.45) is 5.92 Å². The Morgan fingerprint density at radius 1 is 1.33 bits per heavy atom. The molecule has 0 saturated heterocycles. The van der Waals surface area contributed by atoms with Gasteiger partial charge in [-0.25, -0.2) is 0 Å². The van der Waals surface area contributed by atoms with Gasteiger partial charge in [0.15, 0.2) is 0 Å². The molecule has 0 radical (unpaired) electrons. The number of rotatable bonds is 4. The molecule has 0 spiro atoms. The molecular weight excluding hydrogens is 356 g/mol. The van der Waals surface area contributed by atoms with Crippen molar-refractivity contribution in [3.05, 3.63) is 28.2 Å². The van der Waals surface area contributed by atoms with E-state index in [1.165, 1.54) is 37.7 Å². The average molecular weight is 376 g/mol. The largest absolute Gasteiger partial charge is 0.490 e. The van der Waals surface area contributed by atoms with Gasteiger partial charge >= 0.3 is 0 Å². The van der Waals surface area contributed by atoms with E-state index in [1.54, 1.807) is 0 Å². The fourth-order valence-electron chi connectivity index (χ4n) is 2.67. The Labute approximate surface area is 127 Å². The van der Waals surface area contributed by atoms with Crippen LogP contribution in [0.15, 0.2) is 22.7 Å². The van der Waals surface area contributed by atoms with Crippen molar-refractivity contribution >= 4 is 31.9 Å². The molecule has 2 unspecified atom stereocenters. The highest BCUT2D eigenvalue weighted by Gasteiger charge is 2.22. The predicted octanol–water partition coefficient (Wildman–Crippen LogP) is 5.69. The summed E-state index contributed by atoms with van der Waals surface area (Å²) in [6.45, 7) is 2.29. The third-order valence-electron chi connectivity index (χ3n) is 3.77. The average Bonchev–Trinajstić information content (AvgIpc) is 2.41. The van der Waals surface area contributed by atoms with Gasteiger partial charge in [0.05, 0.1) is 6.10 Å². The lowest BCUT2D eigenvalue weighted by atomic mass is 9.85. The fraction of sp³-hybridized carbons (Fsp3) is 0.600. The third kappa shape index (κ3) is 3.74. The number of ether oxygens (including phenoxy) is 1. The van der Waals surface area contributed by atoms with Gasteiger partial charge in [0.1, 0.15) is 5.75 Å². The smallest absolute Gasteiger partial charge is 0.123 e. The molecule has 100 valence electrons. The molecule has 1 aromatic carbocycles. The van der Waals surface area contributed by atoms with E-state index in [1.807, 2.05) is 0 Å². The zero-order valence-electron chi connectivity index (χ0n) is 10.8. The Hall–Kier alpha value is -0.0200. The molecule has 1 aliphatic rings. The molecule has 0 amide bonds. The van der Waals surface area contributed by atoms with Crippen molar-refractivity contribution in [2.45, 2.75) is 50.5 Å². The summed E-state index contributed by atoms with van der Waals surface area (Å²) in [5.41, 5.74) is 1.22. The van der Waals surface area contributed by atoms with Crippen molar-refractivity contribution in [3.63, 3.8) is 0 Å². The van der Waals surface area contributed by atoms with E-state index < -0.39 is 0 Å². The van der Waals surface area contributed by atoms with E-state index >= 15 is 0 Å². The van der Waals surface area contributed by atoms with Crippen LogP contribution in [0.1, 0.15) is 44.6 Å². The maximum atomic E-state index is 6.21. The van der Waals surface area contributed by atoms with Gasteiger partial charge in [0.25, 0.3) is 0 Å². The van der Waals surface area contributed by atoms with E-state index in [0.29, 0.717) is 6.10 Å². The molecule has 0 heterocycles. The van der Waals surface area contributed by atoms with Gasteiger partial charge in [-0.15, -0.1) is 0 Å². The number of hydrogen-bond acceptors (Lipinski definition) is 1. The molecule has 3 heteroatoms. The van der Waals surface area contributed by atoms with Crippen molar-refractivity contribution in [3.8, 4) is 5.75 Å². The molecule has 0 aliphatic heterocycles. The first-order valence-corrected chi connectivity index (χ1v) is 8.65. The molecule has 1 nitrogen and oxygen atoms in total. The number of alkyl halides is 1. The first kappa shape index (κ1) is 14.4. The highest BCUT2D eigenvalue weighted by Crippen LogP contribution is 2.32. The van der Waals surface area contributed by atoms with Crippen LogP contribution in [-0.4, -0.2) is 6.10 Å². The minimum absolute atomic E-state index is 0.405. The number of hydrogen-bond donors (Lipinski definition) is 0. The lowest BCUT2D eigenvalue weighted by Gasteiger charge is -2.29. The van der Waals surface area contributed by atoms with Gasteiger partial charge in [-0.2, -0.15) is 0 Å². The first-order chi connectivity index (χ1) is 8.72. The van der Waals surface area contributed by atoms with Gasteiger partial charge < -0.3 is 4.74 Å². The van der Waals surface area contributed by atoms with Gasteiger partial charge in [0.2, 0.25) is 0 Å². The van der Waals surface area contributed by atoms with E-state index in [2.05, 4.69) is 57.0 Å². The summed E-state index contributed by atoms with van der Waals surface area (Å²) >= 11 is 7.04. The second-order valence-electron chi connectivity index (χ2n) is 5.07. The van der Waals surface area contributed by atoms with Crippen molar-refractivity contribution in [1.29, 1.82) is 0 Å². The lowest BCUT2D eigenvalue weighted by molar-refractivity contribution is 0.121. The summed E-state index contributed by atoms with van der Waals surface area (Å²) in [6.07, 6.45) is 6.79. The molecule has 0 N–H and O–H groups in total. The molecule has 1 aromatic rings. The normalized spacial score (nSPS) is 23.9. The fourth-order valence-corrected chi connectivity index (χ4v) is 3.51. The maximum absolute atomic E-state index is 6.21. The summed E-state index contributed by atoms with van der Waals surface area (Å²) in [5, 5.41) is 0.839. The Bertz CT molecular complexity index is 392. The minimum atomic E-state index is 0.405. The van der Waals surface area contributed by atoms with Gasteiger partial charge in [-0.1, -0.05) is 51.6 Å². The molecule has 1 saturated carbocycles. The maximum Gasteiger partial charge on any atom is 0.123 e. The van der Waals surface area contributed by atoms with Crippen LogP contribution < -0.4 is 4.74 Å². The summed E-state index contributed by atoms with van der Waals surface area (Å²) in [4.78, 5) is 0. The zero-order chi connectivity index (χ0) is 13.0. The second kappa shape index (κ2) is 6.95. The Morgan fingerprint density at radius 3 is 2.89 bits per heavy atom. The monoisotopic (exact) mass is 374 g/mol. The predicted molar refractivity (Wildman–Crippen MR) is 83.4 cm³/mol. The van der Waals surface area contributed by atoms with E-state index in [4.69, 9.17) is 4.74 Å². The Balaban J connectivity index is 2.04. The number of halogens is 2. The minimum Gasteiger partial charge on any atom is -0.490 e. The number of benzene rings is 1. The van der Waals surface area contributed by atoms with Gasteiger partial charge in [0, 0.05) is 15.4 Å². The molecule has 0 aromatic heterocycles. The Kier molecular flexibility index (Phi) is 5.56. The van der Waals surface area contributed by atoms with Crippen LogP contribution in [0.4, 0.5) is 0 Å². The molecule has 2 atom stereocenters. The van der Waals surface area contributed by atoms with Crippen LogP contribution in [0, 0.1) is 5.92 Å². The molecule has 2 rings (SSSR count). The van der Waals surface area contributed by atoms with Crippen molar-refractivity contribution in [2.75, 3.05) is 0 Å². The van der Waals surface area contributed by atoms with Crippen LogP contribution in [0.5, 0.6) is 5.75 Å². The first-order valence-electron chi connectivity index (χ1n) is 6.74. The zero-order valence-corrected chi connectivity index (χ0v) is 14.0. The standard InChI is InChI=1S/C15H20Br2O/c1-2-11-4-3-5-14(8-11)18-15-7-6-13(17)9-12(15)10-16/h6-7,9,11,14H,2-5,8,10H2,1H3. The van der Waals surface area contributed by atoms with Crippen LogP contribution >= 0.6 is 31.9 Å². The van der Waals surface area contributed by atoms with E-state index in [-0.39, 0.29) is 0 Å². The topological polar surface area (TPSA) is 9.23 Å². The molecule has 1 fully saturated rings. The van der Waals surface area contributed by atoms with Gasteiger partial charge in [-0.05, 0) is 43.4 Å². The Morgan fingerprint density at radius 2 is 2.17 bits per heavy atom. The summed E-state index contributed by atoms with van der Waals surface area (Å²) < 4.78 is 7.32. The summed E-state index contributed by atoms with van der Waals surface area (Å²) in [6, 6.07) is 6.27. The summed E-state index contributed by atoms with van der Waals surface area (Å²) in [5.74, 6) is 1.89. The molecule has 1 aliphatic carbocycles. The van der Waals surface area contributed by atoms with Crippen molar-refractivity contribution in [1.82, 2.24) is 0 Å². The highest BCUT2D eigenvalue weighted by molar-refractivity contribution is 9.10. The van der Waals surface area contributed by atoms with E-state index in [0.717, 1.165) is 21.5 Å². The SMILES string of the molecule is CCC1CCCC(Oc2ccc(Br)cc2CBr)C1. The van der Waals surface area contributed by atoms with Crippen LogP contribution in [0.3, 0.4) is 0 Å². The van der Waals surface area contributed by atoms with Crippen LogP contribution in [0.2, 0.25) is 0 Å². The van der Waals surface area contributed by atoms with Crippen LogP contribution in [0.25, 0.3) is 0 Å². The van der Waals surface area contributed by atoms with Crippen LogP contribution in [-0.2, 0) is 5.33 Å². The summed E-state index contributed by atoms with van der Waals surface area (Å²) in [7, 11) is 0. The van der Waals surface area contributed by atoms with E-state index in [9.17, 15) is 0 Å². The quantitative estimate of drug-likeness (QED) is 0.614. The lowest BCUT2D eigenvalue weighted by Crippen LogP contribution is -2.25.